The van der Waals surface area contributed by atoms with Crippen molar-refractivity contribution in [3.8, 4) is 0 Å². The minimum absolute atomic E-state index is 0.182. The largest absolute Gasteiger partial charge is 0.464 e. The molecule has 1 aromatic carbocycles. The Morgan fingerprint density at radius 2 is 2.14 bits per heavy atom. The van der Waals surface area contributed by atoms with Gasteiger partial charge in [0.15, 0.2) is 0 Å². The maximum absolute atomic E-state index is 12.7. The SMILES string of the molecule is CCOC(=O)C(C)(c1ccccc1Br)N1CCCNCC1. The molecule has 1 saturated heterocycles. The highest BCUT2D eigenvalue weighted by Crippen LogP contribution is 2.35. The molecule has 116 valence electrons. The normalized spacial score (nSPS) is 19.6. The van der Waals surface area contributed by atoms with Gasteiger partial charge in [0, 0.05) is 24.1 Å². The smallest absolute Gasteiger partial charge is 0.330 e. The van der Waals surface area contributed by atoms with Crippen molar-refractivity contribution in [2.45, 2.75) is 25.8 Å². The van der Waals surface area contributed by atoms with Gasteiger partial charge in [0.1, 0.15) is 5.54 Å². The minimum Gasteiger partial charge on any atom is -0.464 e. The number of carbonyl (C=O) groups is 1. The van der Waals surface area contributed by atoms with E-state index in [0.717, 1.165) is 42.6 Å². The van der Waals surface area contributed by atoms with Crippen LogP contribution in [0.3, 0.4) is 0 Å². The molecule has 0 amide bonds. The predicted octanol–water partition coefficient (Wildman–Crippen LogP) is 2.52. The third-order valence-corrected chi connectivity index (χ3v) is 4.74. The fourth-order valence-corrected chi connectivity index (χ4v) is 3.50. The molecule has 1 aliphatic rings. The van der Waals surface area contributed by atoms with Crippen LogP contribution < -0.4 is 5.32 Å². The first-order valence-electron chi connectivity index (χ1n) is 7.48. The average molecular weight is 355 g/mol. The van der Waals surface area contributed by atoms with E-state index in [1.807, 2.05) is 38.1 Å². The summed E-state index contributed by atoms with van der Waals surface area (Å²) < 4.78 is 6.33. The zero-order valence-electron chi connectivity index (χ0n) is 12.7. The van der Waals surface area contributed by atoms with Crippen LogP contribution in [0, 0.1) is 0 Å². The van der Waals surface area contributed by atoms with Crippen molar-refractivity contribution >= 4 is 21.9 Å². The topological polar surface area (TPSA) is 41.6 Å². The molecule has 0 bridgehead atoms. The van der Waals surface area contributed by atoms with Crippen LogP contribution in [0.1, 0.15) is 25.8 Å². The molecule has 0 radical (unpaired) electrons. The molecular weight excluding hydrogens is 332 g/mol. The zero-order chi connectivity index (χ0) is 15.3. The summed E-state index contributed by atoms with van der Waals surface area (Å²) in [5.74, 6) is -0.182. The number of nitrogens with zero attached hydrogens (tertiary/aromatic N) is 1. The van der Waals surface area contributed by atoms with Gasteiger partial charge >= 0.3 is 5.97 Å². The van der Waals surface area contributed by atoms with Crippen LogP contribution in [0.15, 0.2) is 28.7 Å². The van der Waals surface area contributed by atoms with Crippen LogP contribution in [0.5, 0.6) is 0 Å². The van der Waals surface area contributed by atoms with Crippen molar-refractivity contribution in [2.75, 3.05) is 32.8 Å². The Balaban J connectivity index is 2.43. The quantitative estimate of drug-likeness (QED) is 0.843. The number of hydrogen-bond acceptors (Lipinski definition) is 4. The van der Waals surface area contributed by atoms with Gasteiger partial charge in [-0.15, -0.1) is 0 Å². The van der Waals surface area contributed by atoms with E-state index in [9.17, 15) is 4.79 Å². The van der Waals surface area contributed by atoms with Gasteiger partial charge in [-0.25, -0.2) is 4.79 Å². The summed E-state index contributed by atoms with van der Waals surface area (Å²) in [5, 5.41) is 3.38. The number of ether oxygens (including phenoxy) is 1. The van der Waals surface area contributed by atoms with Gasteiger partial charge in [0.25, 0.3) is 0 Å². The number of rotatable bonds is 4. The van der Waals surface area contributed by atoms with Gasteiger partial charge in [0.2, 0.25) is 0 Å². The van der Waals surface area contributed by atoms with E-state index in [2.05, 4.69) is 26.1 Å². The van der Waals surface area contributed by atoms with E-state index in [-0.39, 0.29) is 5.97 Å². The lowest BCUT2D eigenvalue weighted by atomic mass is 9.89. The Bertz CT molecular complexity index is 487. The highest BCUT2D eigenvalue weighted by Gasteiger charge is 2.43. The predicted molar refractivity (Wildman–Crippen MR) is 87.2 cm³/mol. The zero-order valence-corrected chi connectivity index (χ0v) is 14.3. The summed E-state index contributed by atoms with van der Waals surface area (Å²) in [7, 11) is 0. The first-order chi connectivity index (χ1) is 10.1. The fourth-order valence-electron chi connectivity index (χ4n) is 2.83. The molecule has 1 fully saturated rings. The first kappa shape index (κ1) is 16.5. The minimum atomic E-state index is -0.762. The molecular formula is C16H23BrN2O2. The van der Waals surface area contributed by atoms with Gasteiger partial charge in [0.05, 0.1) is 6.61 Å². The van der Waals surface area contributed by atoms with Crippen molar-refractivity contribution in [1.29, 1.82) is 0 Å². The molecule has 1 N–H and O–H groups in total. The second-order valence-corrected chi connectivity index (χ2v) is 6.22. The van der Waals surface area contributed by atoms with Crippen LogP contribution in [0.2, 0.25) is 0 Å². The van der Waals surface area contributed by atoms with Crippen molar-refractivity contribution in [3.63, 3.8) is 0 Å². The van der Waals surface area contributed by atoms with Gasteiger partial charge in [-0.05, 0) is 38.4 Å². The Morgan fingerprint density at radius 1 is 1.38 bits per heavy atom. The van der Waals surface area contributed by atoms with Crippen LogP contribution in [0.4, 0.5) is 0 Å². The number of carbonyl (C=O) groups excluding carboxylic acids is 1. The van der Waals surface area contributed by atoms with Crippen molar-refractivity contribution in [1.82, 2.24) is 10.2 Å². The maximum Gasteiger partial charge on any atom is 0.330 e. The third kappa shape index (κ3) is 3.47. The van der Waals surface area contributed by atoms with Crippen LogP contribution in [-0.2, 0) is 15.1 Å². The number of halogens is 1. The Hall–Kier alpha value is -0.910. The number of esters is 1. The van der Waals surface area contributed by atoms with Crippen LogP contribution in [0.25, 0.3) is 0 Å². The van der Waals surface area contributed by atoms with Gasteiger partial charge in [-0.2, -0.15) is 0 Å². The van der Waals surface area contributed by atoms with E-state index < -0.39 is 5.54 Å². The summed E-state index contributed by atoms with van der Waals surface area (Å²) in [6, 6.07) is 7.90. The Labute approximate surface area is 135 Å². The lowest BCUT2D eigenvalue weighted by Gasteiger charge is -2.39. The molecule has 0 aromatic heterocycles. The molecule has 0 saturated carbocycles. The van der Waals surface area contributed by atoms with Crippen LogP contribution >= 0.6 is 15.9 Å². The van der Waals surface area contributed by atoms with E-state index >= 15 is 0 Å². The summed E-state index contributed by atoms with van der Waals surface area (Å²) in [4.78, 5) is 15.0. The Kier molecular flexibility index (Phi) is 5.79. The number of nitrogens with one attached hydrogen (secondary N) is 1. The number of benzene rings is 1. The maximum atomic E-state index is 12.7. The van der Waals surface area contributed by atoms with Gasteiger partial charge < -0.3 is 10.1 Å². The summed E-state index contributed by atoms with van der Waals surface area (Å²) in [5.41, 5.74) is 0.202. The lowest BCUT2D eigenvalue weighted by Crippen LogP contribution is -2.52. The van der Waals surface area contributed by atoms with Crippen molar-refractivity contribution in [3.05, 3.63) is 34.3 Å². The molecule has 1 unspecified atom stereocenters. The third-order valence-electron chi connectivity index (χ3n) is 4.04. The standard InChI is InChI=1S/C16H23BrN2O2/c1-3-21-15(20)16(2,13-7-4-5-8-14(13)17)19-11-6-9-18-10-12-19/h4-5,7-8,18H,3,6,9-12H2,1-2H3. The Morgan fingerprint density at radius 3 is 2.86 bits per heavy atom. The fraction of sp³-hybridized carbons (Fsp3) is 0.562. The number of hydrogen-bond donors (Lipinski definition) is 1. The van der Waals surface area contributed by atoms with Crippen molar-refractivity contribution in [2.24, 2.45) is 0 Å². The van der Waals surface area contributed by atoms with E-state index in [0.29, 0.717) is 6.61 Å². The van der Waals surface area contributed by atoms with Crippen molar-refractivity contribution < 1.29 is 9.53 Å². The second kappa shape index (κ2) is 7.38. The molecule has 0 spiro atoms. The molecule has 0 aliphatic carbocycles. The summed E-state index contributed by atoms with van der Waals surface area (Å²) in [6.07, 6.45) is 1.03. The monoisotopic (exact) mass is 354 g/mol. The molecule has 1 heterocycles. The molecule has 2 rings (SSSR count). The lowest BCUT2D eigenvalue weighted by molar-refractivity contribution is -0.157. The first-order valence-corrected chi connectivity index (χ1v) is 8.28. The molecule has 4 nitrogen and oxygen atoms in total. The summed E-state index contributed by atoms with van der Waals surface area (Å²) >= 11 is 3.59. The van der Waals surface area contributed by atoms with E-state index in [1.54, 1.807) is 0 Å². The molecule has 21 heavy (non-hydrogen) atoms. The molecule has 5 heteroatoms. The second-order valence-electron chi connectivity index (χ2n) is 5.36. The summed E-state index contributed by atoms with van der Waals surface area (Å²) in [6.45, 7) is 7.80. The van der Waals surface area contributed by atoms with Gasteiger partial charge in [-0.1, -0.05) is 34.1 Å². The van der Waals surface area contributed by atoms with E-state index in [4.69, 9.17) is 4.74 Å². The molecule has 1 atom stereocenters. The van der Waals surface area contributed by atoms with Crippen LogP contribution in [-0.4, -0.2) is 43.7 Å². The van der Waals surface area contributed by atoms with E-state index in [1.165, 1.54) is 0 Å². The molecule has 1 aromatic rings. The van der Waals surface area contributed by atoms with Gasteiger partial charge in [-0.3, -0.25) is 4.90 Å². The highest BCUT2D eigenvalue weighted by molar-refractivity contribution is 9.10. The average Bonchev–Trinajstić information content (AvgIpc) is 2.76. The molecule has 1 aliphatic heterocycles. The highest BCUT2D eigenvalue weighted by atomic mass is 79.9.